The highest BCUT2D eigenvalue weighted by molar-refractivity contribution is 5.94. The second-order valence-electron chi connectivity index (χ2n) is 7.78. The quantitative estimate of drug-likeness (QED) is 0.628. The number of rotatable bonds is 7. The van der Waals surface area contributed by atoms with Crippen LogP contribution in [0.15, 0.2) is 42.7 Å². The van der Waals surface area contributed by atoms with Crippen LogP contribution >= 0.6 is 0 Å². The monoisotopic (exact) mass is 424 g/mol. The third kappa shape index (κ3) is 4.99. The Bertz CT molecular complexity index is 1040. The fraction of sp³-hybridized carbons (Fsp3) is 0.364. The lowest BCUT2D eigenvalue weighted by Gasteiger charge is -2.16. The smallest absolute Gasteiger partial charge is 0.257 e. The molecule has 1 aliphatic heterocycles. The number of anilines is 1. The van der Waals surface area contributed by atoms with Gasteiger partial charge >= 0.3 is 0 Å². The van der Waals surface area contributed by atoms with Gasteiger partial charge in [0.1, 0.15) is 11.6 Å². The van der Waals surface area contributed by atoms with E-state index in [-0.39, 0.29) is 17.6 Å². The summed E-state index contributed by atoms with van der Waals surface area (Å²) in [5.74, 6) is 0.877. The maximum atomic E-state index is 13.2. The number of nitrogens with one attached hydrogen (secondary N) is 1. The topological polar surface area (TPSA) is 87.2 Å². The van der Waals surface area contributed by atoms with E-state index in [9.17, 15) is 9.18 Å². The summed E-state index contributed by atoms with van der Waals surface area (Å²) in [6, 6.07) is 8.11. The lowest BCUT2D eigenvalue weighted by Crippen LogP contribution is -2.29. The van der Waals surface area contributed by atoms with E-state index in [4.69, 9.17) is 4.74 Å². The van der Waals surface area contributed by atoms with Crippen molar-refractivity contribution in [3.05, 3.63) is 65.5 Å². The van der Waals surface area contributed by atoms with Gasteiger partial charge < -0.3 is 14.5 Å². The molecule has 0 saturated carbocycles. The predicted molar refractivity (Wildman–Crippen MR) is 114 cm³/mol. The zero-order chi connectivity index (χ0) is 21.8. The number of likely N-dealkylation sites (tertiary alicyclic amines) is 1. The first kappa shape index (κ1) is 20.8. The Labute approximate surface area is 180 Å². The second-order valence-corrected chi connectivity index (χ2v) is 7.78. The van der Waals surface area contributed by atoms with Crippen LogP contribution in [-0.4, -0.2) is 64.8 Å². The van der Waals surface area contributed by atoms with Gasteiger partial charge in [-0.25, -0.2) is 14.4 Å². The van der Waals surface area contributed by atoms with E-state index in [0.29, 0.717) is 43.4 Å². The molecule has 8 nitrogen and oxygen atoms in total. The van der Waals surface area contributed by atoms with Crippen LogP contribution in [0.5, 0.6) is 5.75 Å². The number of H-pyrrole nitrogens is 1. The van der Waals surface area contributed by atoms with Gasteiger partial charge in [-0.1, -0.05) is 6.07 Å². The number of carbonyl (C=O) groups excluding carboxylic acids is 1. The van der Waals surface area contributed by atoms with Crippen molar-refractivity contribution in [3.63, 3.8) is 0 Å². The van der Waals surface area contributed by atoms with Crippen LogP contribution < -0.4 is 9.64 Å². The molecular formula is C22H25FN6O2. The van der Waals surface area contributed by atoms with Gasteiger partial charge in [0.15, 0.2) is 0 Å². The minimum atomic E-state index is -0.318. The molecule has 1 aromatic carbocycles. The molecule has 1 fully saturated rings. The van der Waals surface area contributed by atoms with E-state index >= 15 is 0 Å². The highest BCUT2D eigenvalue weighted by atomic mass is 19.1. The van der Waals surface area contributed by atoms with E-state index in [1.807, 2.05) is 25.1 Å². The number of amides is 1. The summed E-state index contributed by atoms with van der Waals surface area (Å²) in [7, 11) is 3.71. The maximum absolute atomic E-state index is 13.2. The molecule has 162 valence electrons. The molecule has 4 rings (SSSR count). The number of aromatic nitrogens is 4. The van der Waals surface area contributed by atoms with Crippen molar-refractivity contribution < 1.29 is 13.9 Å². The van der Waals surface area contributed by atoms with Crippen LogP contribution in [0.1, 0.15) is 34.1 Å². The Balaban J connectivity index is 1.30. The van der Waals surface area contributed by atoms with Gasteiger partial charge in [-0.2, -0.15) is 5.10 Å². The summed E-state index contributed by atoms with van der Waals surface area (Å²) in [6.07, 6.45) is 4.63. The van der Waals surface area contributed by atoms with Crippen LogP contribution in [0, 0.1) is 5.82 Å². The molecule has 31 heavy (non-hydrogen) atoms. The van der Waals surface area contributed by atoms with E-state index < -0.39 is 0 Å². The van der Waals surface area contributed by atoms with Crippen molar-refractivity contribution in [1.82, 2.24) is 25.1 Å². The van der Waals surface area contributed by atoms with Crippen LogP contribution in [0.25, 0.3) is 0 Å². The summed E-state index contributed by atoms with van der Waals surface area (Å²) in [5, 5.41) is 7.47. The van der Waals surface area contributed by atoms with Crippen molar-refractivity contribution >= 4 is 11.9 Å². The van der Waals surface area contributed by atoms with Gasteiger partial charge in [-0.15, -0.1) is 0 Å². The van der Waals surface area contributed by atoms with Crippen LogP contribution in [0.3, 0.4) is 0 Å². The van der Waals surface area contributed by atoms with Crippen LogP contribution in [0.4, 0.5) is 10.3 Å². The standard InChI is InChI=1S/C22H25FN6O2/c1-28(2)22-24-12-16(13-25-22)21(30)29-8-6-15(14-29)20-11-18(26-27-20)7-9-31-19-5-3-4-17(23)10-19/h3-5,10-13,15H,6-9,14H2,1-2H3,(H,26,27)/t15-/m0/s1. The van der Waals surface area contributed by atoms with Gasteiger partial charge in [0, 0.05) is 63.7 Å². The second kappa shape index (κ2) is 9.11. The first-order valence-electron chi connectivity index (χ1n) is 10.2. The molecule has 0 unspecified atom stereocenters. The van der Waals surface area contributed by atoms with E-state index in [1.165, 1.54) is 12.1 Å². The number of hydrogen-bond donors (Lipinski definition) is 1. The molecule has 1 N–H and O–H groups in total. The highest BCUT2D eigenvalue weighted by Gasteiger charge is 2.29. The molecule has 0 spiro atoms. The zero-order valence-electron chi connectivity index (χ0n) is 17.6. The first-order valence-corrected chi connectivity index (χ1v) is 10.2. The molecule has 3 aromatic rings. The number of halogens is 1. The van der Waals surface area contributed by atoms with E-state index in [0.717, 1.165) is 17.8 Å². The molecule has 0 bridgehead atoms. The Hall–Kier alpha value is -3.49. The largest absolute Gasteiger partial charge is 0.493 e. The van der Waals surface area contributed by atoms with Crippen molar-refractivity contribution in [3.8, 4) is 5.75 Å². The number of nitrogens with zero attached hydrogens (tertiary/aromatic N) is 5. The number of aromatic amines is 1. The normalized spacial score (nSPS) is 15.8. The molecule has 0 radical (unpaired) electrons. The summed E-state index contributed by atoms with van der Waals surface area (Å²) in [6.45, 7) is 1.70. The predicted octanol–water partition coefficient (Wildman–Crippen LogP) is 2.66. The maximum Gasteiger partial charge on any atom is 0.257 e. The van der Waals surface area contributed by atoms with Crippen LogP contribution in [-0.2, 0) is 6.42 Å². The lowest BCUT2D eigenvalue weighted by atomic mass is 10.0. The Morgan fingerprint density at radius 1 is 1.29 bits per heavy atom. The molecule has 1 saturated heterocycles. The van der Waals surface area contributed by atoms with E-state index in [2.05, 4.69) is 20.2 Å². The molecule has 2 aromatic heterocycles. The summed E-state index contributed by atoms with van der Waals surface area (Å²) in [5.41, 5.74) is 2.38. The number of carbonyl (C=O) groups is 1. The highest BCUT2D eigenvalue weighted by Crippen LogP contribution is 2.27. The third-order valence-corrected chi connectivity index (χ3v) is 5.27. The van der Waals surface area contributed by atoms with Gasteiger partial charge in [-0.05, 0) is 24.6 Å². The average molecular weight is 424 g/mol. The Kier molecular flexibility index (Phi) is 6.11. The number of ether oxygens (including phenoxy) is 1. The van der Waals surface area contributed by atoms with Gasteiger partial charge in [0.2, 0.25) is 5.95 Å². The zero-order valence-corrected chi connectivity index (χ0v) is 17.6. The Morgan fingerprint density at radius 3 is 2.84 bits per heavy atom. The number of hydrogen-bond acceptors (Lipinski definition) is 6. The molecule has 1 aliphatic rings. The van der Waals surface area contributed by atoms with Crippen molar-refractivity contribution in [2.24, 2.45) is 0 Å². The third-order valence-electron chi connectivity index (χ3n) is 5.27. The first-order chi connectivity index (χ1) is 15.0. The van der Waals surface area contributed by atoms with Gasteiger partial charge in [0.25, 0.3) is 5.91 Å². The van der Waals surface area contributed by atoms with E-state index in [1.54, 1.807) is 29.4 Å². The summed E-state index contributed by atoms with van der Waals surface area (Å²) < 4.78 is 18.8. The molecule has 1 atom stereocenters. The minimum Gasteiger partial charge on any atom is -0.493 e. The summed E-state index contributed by atoms with van der Waals surface area (Å²) in [4.78, 5) is 24.8. The molecule has 9 heteroatoms. The summed E-state index contributed by atoms with van der Waals surface area (Å²) >= 11 is 0. The molecule has 3 heterocycles. The number of benzene rings is 1. The lowest BCUT2D eigenvalue weighted by molar-refractivity contribution is 0.0790. The molecular weight excluding hydrogens is 399 g/mol. The van der Waals surface area contributed by atoms with Crippen molar-refractivity contribution in [1.29, 1.82) is 0 Å². The van der Waals surface area contributed by atoms with Crippen molar-refractivity contribution in [2.75, 3.05) is 38.7 Å². The average Bonchev–Trinajstić information content (AvgIpc) is 3.43. The minimum absolute atomic E-state index is 0.0629. The fourth-order valence-corrected chi connectivity index (χ4v) is 3.58. The van der Waals surface area contributed by atoms with Gasteiger partial charge in [0.05, 0.1) is 17.9 Å². The van der Waals surface area contributed by atoms with Crippen LogP contribution in [0.2, 0.25) is 0 Å². The SMILES string of the molecule is CN(C)c1ncc(C(=O)N2CC[C@H](c3cc(CCOc4cccc(F)c4)[nH]n3)C2)cn1. The molecule has 0 aliphatic carbocycles. The molecule has 1 amide bonds. The fourth-order valence-electron chi connectivity index (χ4n) is 3.58. The van der Waals surface area contributed by atoms with Gasteiger partial charge in [-0.3, -0.25) is 9.89 Å². The Morgan fingerprint density at radius 2 is 2.10 bits per heavy atom. The van der Waals surface area contributed by atoms with Crippen molar-refractivity contribution in [2.45, 2.75) is 18.8 Å².